The zero-order valence-corrected chi connectivity index (χ0v) is 19.1. The molecule has 0 spiro atoms. The molecule has 0 saturated carbocycles. The average molecular weight is 478 g/mol. The van der Waals surface area contributed by atoms with Gasteiger partial charge in [-0.25, -0.2) is 4.98 Å². The van der Waals surface area contributed by atoms with Crippen LogP contribution in [0.1, 0.15) is 36.0 Å². The van der Waals surface area contributed by atoms with Crippen molar-refractivity contribution in [3.8, 4) is 5.75 Å². The SMILES string of the molecule is O=C(O)CC1CN(C(=O)c2ccccc2)c2cc(NC(=O)CCCCNc3ncc[nH]3)ccc2O1. The minimum absolute atomic E-state index is 0.0904. The number of hydrogen-bond donors (Lipinski definition) is 4. The van der Waals surface area contributed by atoms with E-state index in [-0.39, 0.29) is 24.8 Å². The molecule has 1 atom stereocenters. The molecule has 2 aromatic carbocycles. The highest BCUT2D eigenvalue weighted by Gasteiger charge is 2.32. The summed E-state index contributed by atoms with van der Waals surface area (Å²) in [5.74, 6) is -0.309. The molecule has 182 valence electrons. The number of imidazole rings is 1. The number of unbranched alkanes of at least 4 members (excludes halogenated alkanes) is 1. The number of nitrogens with one attached hydrogen (secondary N) is 3. The Labute approximate surface area is 202 Å². The van der Waals surface area contributed by atoms with Crippen LogP contribution < -0.4 is 20.3 Å². The van der Waals surface area contributed by atoms with Crippen LogP contribution in [0.2, 0.25) is 0 Å². The number of aromatic nitrogens is 2. The number of nitrogens with zero attached hydrogens (tertiary/aromatic N) is 2. The predicted octanol–water partition coefficient (Wildman–Crippen LogP) is 3.51. The Morgan fingerprint density at radius 2 is 1.97 bits per heavy atom. The smallest absolute Gasteiger partial charge is 0.307 e. The Balaban J connectivity index is 1.41. The van der Waals surface area contributed by atoms with E-state index < -0.39 is 12.1 Å². The monoisotopic (exact) mass is 477 g/mol. The van der Waals surface area contributed by atoms with Crippen LogP contribution in [0, 0.1) is 0 Å². The molecular weight excluding hydrogens is 450 g/mol. The fourth-order valence-corrected chi connectivity index (χ4v) is 3.86. The first-order chi connectivity index (χ1) is 17.0. The summed E-state index contributed by atoms with van der Waals surface area (Å²) in [6.45, 7) is 0.790. The normalized spacial score (nSPS) is 14.5. The van der Waals surface area contributed by atoms with Crippen LogP contribution in [-0.4, -0.2) is 52.1 Å². The Morgan fingerprint density at radius 1 is 1.14 bits per heavy atom. The number of ether oxygens (including phenoxy) is 1. The van der Waals surface area contributed by atoms with E-state index in [9.17, 15) is 19.5 Å². The summed E-state index contributed by atoms with van der Waals surface area (Å²) in [6, 6.07) is 13.8. The quantitative estimate of drug-likeness (QED) is 0.328. The van der Waals surface area contributed by atoms with Crippen LogP contribution >= 0.6 is 0 Å². The van der Waals surface area contributed by atoms with Crippen molar-refractivity contribution in [1.29, 1.82) is 0 Å². The van der Waals surface area contributed by atoms with Crippen LogP contribution in [0.4, 0.5) is 17.3 Å². The molecule has 0 saturated heterocycles. The van der Waals surface area contributed by atoms with Crippen molar-refractivity contribution < 1.29 is 24.2 Å². The standard InChI is InChI=1S/C25H27N5O5/c31-22(8-4-5-11-26-25-27-12-13-28-25)29-18-9-10-21-20(14-18)30(16-19(35-21)15-23(32)33)24(34)17-6-2-1-3-7-17/h1-3,6-7,9-10,12-14,19H,4-5,8,11,15-16H2,(H,29,31)(H,32,33)(H2,26,27,28). The molecule has 1 aromatic heterocycles. The van der Waals surface area contributed by atoms with E-state index in [1.165, 1.54) is 4.90 Å². The number of carboxylic acid groups (broad SMARTS) is 1. The van der Waals surface area contributed by atoms with E-state index in [0.29, 0.717) is 48.0 Å². The average Bonchev–Trinajstić information content (AvgIpc) is 3.37. The van der Waals surface area contributed by atoms with Gasteiger partial charge in [0.15, 0.2) is 5.95 Å². The Kier molecular flexibility index (Phi) is 7.61. The van der Waals surface area contributed by atoms with Gasteiger partial charge >= 0.3 is 5.97 Å². The molecular formula is C25H27N5O5. The number of H-pyrrole nitrogens is 1. The maximum absolute atomic E-state index is 13.2. The predicted molar refractivity (Wildman–Crippen MR) is 131 cm³/mol. The number of aliphatic carboxylic acids is 1. The molecule has 3 aromatic rings. The van der Waals surface area contributed by atoms with E-state index in [2.05, 4.69) is 20.6 Å². The molecule has 0 radical (unpaired) electrons. The summed E-state index contributed by atoms with van der Waals surface area (Å²) >= 11 is 0. The minimum atomic E-state index is -1.01. The van der Waals surface area contributed by atoms with E-state index >= 15 is 0 Å². The lowest BCUT2D eigenvalue weighted by Gasteiger charge is -2.34. The number of carbonyl (C=O) groups excluding carboxylic acids is 2. The van der Waals surface area contributed by atoms with Gasteiger partial charge in [-0.05, 0) is 43.2 Å². The van der Waals surface area contributed by atoms with Gasteiger partial charge in [0.2, 0.25) is 5.91 Å². The van der Waals surface area contributed by atoms with Crippen LogP contribution in [0.15, 0.2) is 60.9 Å². The van der Waals surface area contributed by atoms with Gasteiger partial charge in [-0.1, -0.05) is 18.2 Å². The highest BCUT2D eigenvalue weighted by molar-refractivity contribution is 6.07. The second kappa shape index (κ2) is 11.2. The summed E-state index contributed by atoms with van der Waals surface area (Å²) in [6.07, 6.45) is 4.34. The van der Waals surface area contributed by atoms with E-state index in [1.807, 2.05) is 6.07 Å². The molecule has 0 bridgehead atoms. The molecule has 35 heavy (non-hydrogen) atoms. The van der Waals surface area contributed by atoms with Gasteiger partial charge < -0.3 is 30.4 Å². The van der Waals surface area contributed by atoms with Gasteiger partial charge in [-0.2, -0.15) is 0 Å². The van der Waals surface area contributed by atoms with Gasteiger partial charge in [-0.15, -0.1) is 0 Å². The highest BCUT2D eigenvalue weighted by Crippen LogP contribution is 2.37. The Morgan fingerprint density at radius 3 is 2.71 bits per heavy atom. The van der Waals surface area contributed by atoms with Gasteiger partial charge in [-0.3, -0.25) is 14.4 Å². The van der Waals surface area contributed by atoms with Crippen molar-refractivity contribution in [2.24, 2.45) is 0 Å². The van der Waals surface area contributed by atoms with Gasteiger partial charge in [0, 0.05) is 36.6 Å². The lowest BCUT2D eigenvalue weighted by molar-refractivity contribution is -0.138. The molecule has 4 rings (SSSR count). The number of amides is 2. The minimum Gasteiger partial charge on any atom is -0.486 e. The largest absolute Gasteiger partial charge is 0.486 e. The lowest BCUT2D eigenvalue weighted by atomic mass is 10.1. The lowest BCUT2D eigenvalue weighted by Crippen LogP contribution is -2.44. The summed E-state index contributed by atoms with van der Waals surface area (Å²) in [7, 11) is 0. The zero-order valence-electron chi connectivity index (χ0n) is 19.1. The molecule has 2 amide bonds. The third-order valence-corrected chi connectivity index (χ3v) is 5.50. The number of anilines is 3. The molecule has 2 heterocycles. The molecule has 1 unspecified atom stereocenters. The number of carbonyl (C=O) groups is 3. The maximum Gasteiger partial charge on any atom is 0.307 e. The first kappa shape index (κ1) is 23.8. The first-order valence-corrected chi connectivity index (χ1v) is 11.4. The van der Waals surface area contributed by atoms with Gasteiger partial charge in [0.05, 0.1) is 18.7 Å². The molecule has 4 N–H and O–H groups in total. The third kappa shape index (κ3) is 6.38. The van der Waals surface area contributed by atoms with E-state index in [1.54, 1.807) is 54.9 Å². The van der Waals surface area contributed by atoms with Crippen molar-refractivity contribution in [2.75, 3.05) is 28.6 Å². The second-order valence-corrected chi connectivity index (χ2v) is 8.17. The fraction of sp³-hybridized carbons (Fsp3) is 0.280. The topological polar surface area (TPSA) is 137 Å². The first-order valence-electron chi connectivity index (χ1n) is 11.4. The Hall–Kier alpha value is -4.34. The van der Waals surface area contributed by atoms with Crippen molar-refractivity contribution in [2.45, 2.75) is 31.8 Å². The number of benzene rings is 2. The number of aromatic amines is 1. The third-order valence-electron chi connectivity index (χ3n) is 5.50. The maximum atomic E-state index is 13.2. The highest BCUT2D eigenvalue weighted by atomic mass is 16.5. The van der Waals surface area contributed by atoms with Crippen LogP contribution in [0.3, 0.4) is 0 Å². The molecule has 10 heteroatoms. The molecule has 1 aliphatic rings. The van der Waals surface area contributed by atoms with Crippen molar-refractivity contribution in [3.63, 3.8) is 0 Å². The summed E-state index contributed by atoms with van der Waals surface area (Å²) in [5, 5.41) is 15.2. The van der Waals surface area contributed by atoms with Gasteiger partial charge in [0.1, 0.15) is 11.9 Å². The van der Waals surface area contributed by atoms with Crippen molar-refractivity contribution in [1.82, 2.24) is 9.97 Å². The zero-order chi connectivity index (χ0) is 24.6. The number of carboxylic acids is 1. The van der Waals surface area contributed by atoms with E-state index in [4.69, 9.17) is 4.74 Å². The molecule has 0 aliphatic carbocycles. The van der Waals surface area contributed by atoms with Crippen molar-refractivity contribution in [3.05, 3.63) is 66.5 Å². The van der Waals surface area contributed by atoms with E-state index in [0.717, 1.165) is 6.42 Å². The van der Waals surface area contributed by atoms with Gasteiger partial charge in [0.25, 0.3) is 5.91 Å². The summed E-state index contributed by atoms with van der Waals surface area (Å²) in [4.78, 5) is 45.5. The van der Waals surface area contributed by atoms with Crippen LogP contribution in [0.5, 0.6) is 5.75 Å². The molecule has 1 aliphatic heterocycles. The summed E-state index contributed by atoms with van der Waals surface area (Å²) < 4.78 is 5.84. The number of hydrogen-bond acceptors (Lipinski definition) is 6. The molecule has 0 fully saturated rings. The second-order valence-electron chi connectivity index (χ2n) is 8.17. The Bertz CT molecular complexity index is 1170. The molecule has 10 nitrogen and oxygen atoms in total. The summed E-state index contributed by atoms with van der Waals surface area (Å²) in [5.41, 5.74) is 1.50. The number of fused-ring (bicyclic) bond motifs is 1. The van der Waals surface area contributed by atoms with Crippen molar-refractivity contribution >= 4 is 35.1 Å². The fourth-order valence-electron chi connectivity index (χ4n) is 3.86. The van der Waals surface area contributed by atoms with Crippen LogP contribution in [-0.2, 0) is 9.59 Å². The van der Waals surface area contributed by atoms with Crippen LogP contribution in [0.25, 0.3) is 0 Å². The number of rotatable bonds is 10.